The molecular weight excluding hydrogens is 295 g/mol. The summed E-state index contributed by atoms with van der Waals surface area (Å²) in [5, 5.41) is 9.20. The Morgan fingerprint density at radius 2 is 1.75 bits per heavy atom. The molecule has 0 fully saturated rings. The smallest absolute Gasteiger partial charge is 0.262 e. The van der Waals surface area contributed by atoms with Crippen LogP contribution in [-0.4, -0.2) is 13.5 Å². The van der Waals surface area contributed by atoms with E-state index >= 15 is 0 Å². The minimum absolute atomic E-state index is 0.293. The van der Waals surface area contributed by atoms with Crippen LogP contribution in [0.2, 0.25) is 0 Å². The van der Waals surface area contributed by atoms with Gasteiger partial charge in [0.05, 0.1) is 10.6 Å². The van der Waals surface area contributed by atoms with Crippen LogP contribution in [0.1, 0.15) is 0 Å². The highest BCUT2D eigenvalue weighted by Gasteiger charge is 2.19. The van der Waals surface area contributed by atoms with Gasteiger partial charge in [0, 0.05) is 18.2 Å². The summed E-state index contributed by atoms with van der Waals surface area (Å²) in [5.41, 5.74) is -0.856. The standard InChI is InChI=1S/C12H8F3NO3S/c13-7-4-10(14)12(15)11(5-7)16-20(18,19)9-3-1-2-8(17)6-9/h1-6,16-17H. The van der Waals surface area contributed by atoms with Crippen molar-refractivity contribution in [2.75, 3.05) is 4.72 Å². The van der Waals surface area contributed by atoms with Crippen molar-refractivity contribution in [3.8, 4) is 5.75 Å². The van der Waals surface area contributed by atoms with E-state index in [4.69, 9.17) is 0 Å². The average molecular weight is 303 g/mol. The lowest BCUT2D eigenvalue weighted by atomic mass is 10.3. The molecule has 2 aromatic rings. The highest BCUT2D eigenvalue weighted by atomic mass is 32.2. The second-order valence-corrected chi connectivity index (χ2v) is 5.53. The summed E-state index contributed by atoms with van der Waals surface area (Å²) in [7, 11) is -4.28. The van der Waals surface area contributed by atoms with Crippen LogP contribution in [0.3, 0.4) is 0 Å². The molecule has 0 radical (unpaired) electrons. The fourth-order valence-corrected chi connectivity index (χ4v) is 2.57. The Morgan fingerprint density at radius 1 is 1.05 bits per heavy atom. The molecule has 0 heterocycles. The van der Waals surface area contributed by atoms with Crippen LogP contribution in [0.25, 0.3) is 0 Å². The van der Waals surface area contributed by atoms with E-state index in [1.807, 2.05) is 0 Å². The highest BCUT2D eigenvalue weighted by molar-refractivity contribution is 7.92. The maximum Gasteiger partial charge on any atom is 0.262 e. The van der Waals surface area contributed by atoms with E-state index in [2.05, 4.69) is 0 Å². The molecule has 0 aliphatic heterocycles. The summed E-state index contributed by atoms with van der Waals surface area (Å²) in [4.78, 5) is -0.374. The van der Waals surface area contributed by atoms with E-state index in [9.17, 15) is 26.7 Å². The Morgan fingerprint density at radius 3 is 2.40 bits per heavy atom. The molecule has 2 N–H and O–H groups in total. The van der Waals surface area contributed by atoms with Gasteiger partial charge >= 0.3 is 0 Å². The van der Waals surface area contributed by atoms with E-state index in [-0.39, 0.29) is 10.6 Å². The van der Waals surface area contributed by atoms with Crippen LogP contribution in [-0.2, 0) is 10.0 Å². The van der Waals surface area contributed by atoms with Crippen LogP contribution in [0.5, 0.6) is 5.75 Å². The molecule has 8 heteroatoms. The lowest BCUT2D eigenvalue weighted by Gasteiger charge is -2.09. The van der Waals surface area contributed by atoms with Crippen LogP contribution < -0.4 is 4.72 Å². The van der Waals surface area contributed by atoms with Gasteiger partial charge in [-0.05, 0) is 12.1 Å². The summed E-state index contributed by atoms with van der Waals surface area (Å²) < 4.78 is 64.9. The molecule has 0 atom stereocenters. The second kappa shape index (κ2) is 5.04. The Bertz CT molecular complexity index is 763. The van der Waals surface area contributed by atoms with Crippen molar-refractivity contribution in [2.45, 2.75) is 4.90 Å². The minimum Gasteiger partial charge on any atom is -0.508 e. The number of phenols is 1. The molecule has 0 unspecified atom stereocenters. The molecule has 20 heavy (non-hydrogen) atoms. The summed E-state index contributed by atoms with van der Waals surface area (Å²) in [5.74, 6) is -4.48. The molecule has 2 rings (SSSR count). The monoisotopic (exact) mass is 303 g/mol. The maximum atomic E-state index is 13.4. The lowest BCUT2D eigenvalue weighted by Crippen LogP contribution is -2.14. The number of benzene rings is 2. The zero-order valence-corrected chi connectivity index (χ0v) is 10.6. The van der Waals surface area contributed by atoms with E-state index < -0.39 is 33.2 Å². The zero-order chi connectivity index (χ0) is 14.9. The van der Waals surface area contributed by atoms with Crippen molar-refractivity contribution in [2.24, 2.45) is 0 Å². The SMILES string of the molecule is O=S(=O)(Nc1cc(F)cc(F)c1F)c1cccc(O)c1. The fourth-order valence-electron chi connectivity index (χ4n) is 1.48. The van der Waals surface area contributed by atoms with E-state index in [0.29, 0.717) is 12.1 Å². The van der Waals surface area contributed by atoms with E-state index in [0.717, 1.165) is 12.1 Å². The Hall–Kier alpha value is -2.22. The number of anilines is 1. The maximum absolute atomic E-state index is 13.4. The third-order valence-electron chi connectivity index (χ3n) is 2.37. The first-order valence-corrected chi connectivity index (χ1v) is 6.74. The van der Waals surface area contributed by atoms with Crippen LogP contribution >= 0.6 is 0 Å². The van der Waals surface area contributed by atoms with Crippen molar-refractivity contribution < 1.29 is 26.7 Å². The van der Waals surface area contributed by atoms with Gasteiger partial charge in [0.2, 0.25) is 0 Å². The van der Waals surface area contributed by atoms with Gasteiger partial charge in [-0.3, -0.25) is 4.72 Å². The van der Waals surface area contributed by atoms with Gasteiger partial charge in [-0.1, -0.05) is 6.07 Å². The van der Waals surface area contributed by atoms with Gasteiger partial charge in [0.25, 0.3) is 10.0 Å². The first kappa shape index (κ1) is 14.2. The molecule has 0 aliphatic carbocycles. The van der Waals surface area contributed by atoms with Crippen molar-refractivity contribution in [3.05, 3.63) is 53.8 Å². The topological polar surface area (TPSA) is 66.4 Å². The number of halogens is 3. The molecule has 4 nitrogen and oxygen atoms in total. The number of phenolic OH excluding ortho intramolecular Hbond substituents is 1. The third-order valence-corrected chi connectivity index (χ3v) is 3.73. The van der Waals surface area contributed by atoms with Gasteiger partial charge in [-0.25, -0.2) is 21.6 Å². The van der Waals surface area contributed by atoms with Crippen LogP contribution in [0.4, 0.5) is 18.9 Å². The number of hydrogen-bond donors (Lipinski definition) is 2. The molecule has 0 bridgehead atoms. The molecule has 2 aromatic carbocycles. The fraction of sp³-hybridized carbons (Fsp3) is 0. The molecule has 0 saturated heterocycles. The molecule has 0 aromatic heterocycles. The summed E-state index contributed by atoms with van der Waals surface area (Å²) in [6.07, 6.45) is 0. The van der Waals surface area contributed by atoms with Gasteiger partial charge in [-0.15, -0.1) is 0 Å². The van der Waals surface area contributed by atoms with Crippen molar-refractivity contribution in [3.63, 3.8) is 0 Å². The van der Waals surface area contributed by atoms with Crippen molar-refractivity contribution in [1.29, 1.82) is 0 Å². The molecule has 0 aliphatic rings. The molecular formula is C12H8F3NO3S. The number of rotatable bonds is 3. The summed E-state index contributed by atoms with van der Waals surface area (Å²) in [6.45, 7) is 0. The molecule has 0 saturated carbocycles. The largest absolute Gasteiger partial charge is 0.508 e. The van der Waals surface area contributed by atoms with E-state index in [1.165, 1.54) is 12.1 Å². The van der Waals surface area contributed by atoms with Crippen molar-refractivity contribution >= 4 is 15.7 Å². The van der Waals surface area contributed by atoms with Gasteiger partial charge < -0.3 is 5.11 Å². The molecule has 0 spiro atoms. The first-order valence-electron chi connectivity index (χ1n) is 5.26. The quantitative estimate of drug-likeness (QED) is 0.857. The number of sulfonamides is 1. The molecule has 0 amide bonds. The predicted octanol–water partition coefficient (Wildman–Crippen LogP) is 2.61. The number of aromatic hydroxyl groups is 1. The van der Waals surface area contributed by atoms with Crippen molar-refractivity contribution in [1.82, 2.24) is 0 Å². The summed E-state index contributed by atoms with van der Waals surface area (Å²) in [6, 6.07) is 5.35. The first-order chi connectivity index (χ1) is 9.29. The van der Waals surface area contributed by atoms with Gasteiger partial charge in [-0.2, -0.15) is 0 Å². The molecule has 106 valence electrons. The normalized spacial score (nSPS) is 11.3. The van der Waals surface area contributed by atoms with Crippen LogP contribution in [0.15, 0.2) is 41.3 Å². The number of nitrogens with one attached hydrogen (secondary N) is 1. The Labute approximate surface area is 112 Å². The van der Waals surface area contributed by atoms with Gasteiger partial charge in [0.15, 0.2) is 11.6 Å². The van der Waals surface area contributed by atoms with Crippen LogP contribution in [0, 0.1) is 17.5 Å². The average Bonchev–Trinajstić information content (AvgIpc) is 2.35. The van der Waals surface area contributed by atoms with Gasteiger partial charge in [0.1, 0.15) is 11.6 Å². The third kappa shape index (κ3) is 2.85. The lowest BCUT2D eigenvalue weighted by molar-refractivity contribution is 0.473. The predicted molar refractivity (Wildman–Crippen MR) is 65.2 cm³/mol. The number of hydrogen-bond acceptors (Lipinski definition) is 3. The summed E-state index contributed by atoms with van der Waals surface area (Å²) >= 11 is 0. The van der Waals surface area contributed by atoms with E-state index in [1.54, 1.807) is 4.72 Å². The second-order valence-electron chi connectivity index (χ2n) is 3.85. The highest BCUT2D eigenvalue weighted by Crippen LogP contribution is 2.23. The zero-order valence-electron chi connectivity index (χ0n) is 9.77. The minimum atomic E-state index is -4.28. The Kier molecular flexibility index (Phi) is 3.58. The Balaban J connectivity index is 2.44.